The molecule has 0 spiro atoms. The molecule has 0 aliphatic rings. The van der Waals surface area contributed by atoms with Gasteiger partial charge in [0.25, 0.3) is 5.56 Å². The minimum Gasteiger partial charge on any atom is -0.459 e. The molecule has 2 aromatic heterocycles. The summed E-state index contributed by atoms with van der Waals surface area (Å²) in [6.45, 7) is 6.61. The van der Waals surface area contributed by atoms with Crippen LogP contribution in [0.2, 0.25) is 0 Å². The zero-order valence-corrected chi connectivity index (χ0v) is 19.5. The number of hydrogen-bond donors (Lipinski definition) is 0. The number of ether oxygens (including phenoxy) is 1. The molecule has 8 nitrogen and oxygen atoms in total. The molecule has 0 radical (unpaired) electrons. The van der Waals surface area contributed by atoms with E-state index in [1.165, 1.54) is 18.3 Å². The number of fused-ring (bicyclic) bond motifs is 1. The van der Waals surface area contributed by atoms with Gasteiger partial charge < -0.3 is 9.30 Å². The van der Waals surface area contributed by atoms with Crippen LogP contribution in [0.4, 0.5) is 5.13 Å². The number of para-hydroxylation sites is 2. The zero-order chi connectivity index (χ0) is 23.1. The Morgan fingerprint density at radius 2 is 1.97 bits per heavy atom. The standard InChI is InChI=1S/C23H28N4O4S/c1-4-6-13-27-20-10-8-7-9-18(20)25-19(22(27)30)11-12-21(29)31-14-17-15-32-23(24-17)26(5-2)16(3)28/h7-10,15H,4-6,11-14H2,1-3H3. The molecule has 0 unspecified atom stereocenters. The summed E-state index contributed by atoms with van der Waals surface area (Å²) in [7, 11) is 0. The Hall–Kier alpha value is -3.07. The van der Waals surface area contributed by atoms with Gasteiger partial charge in [0.05, 0.1) is 23.1 Å². The van der Waals surface area contributed by atoms with Crippen molar-refractivity contribution >= 4 is 39.4 Å². The zero-order valence-electron chi connectivity index (χ0n) is 18.7. The van der Waals surface area contributed by atoms with Crippen LogP contribution in [0.15, 0.2) is 34.4 Å². The van der Waals surface area contributed by atoms with Gasteiger partial charge in [-0.25, -0.2) is 9.97 Å². The van der Waals surface area contributed by atoms with Crippen LogP contribution in [0.25, 0.3) is 11.0 Å². The number of aromatic nitrogens is 3. The molecule has 0 aliphatic heterocycles. The molecule has 1 amide bonds. The SMILES string of the molecule is CCCCn1c(=O)c(CCC(=O)OCc2csc(N(CC)C(C)=O)n2)nc2ccccc21. The van der Waals surface area contributed by atoms with Gasteiger partial charge in [-0.05, 0) is 25.5 Å². The van der Waals surface area contributed by atoms with Crippen molar-refractivity contribution in [3.63, 3.8) is 0 Å². The first-order valence-corrected chi connectivity index (χ1v) is 11.7. The van der Waals surface area contributed by atoms with Crippen LogP contribution >= 0.6 is 11.3 Å². The Labute approximate surface area is 190 Å². The Bertz CT molecular complexity index is 1150. The normalized spacial score (nSPS) is 11.0. The van der Waals surface area contributed by atoms with Crippen LogP contribution in [-0.2, 0) is 33.9 Å². The number of unbranched alkanes of at least 4 members (excludes halogenated alkanes) is 1. The summed E-state index contributed by atoms with van der Waals surface area (Å²) in [5.41, 5.74) is 2.35. The summed E-state index contributed by atoms with van der Waals surface area (Å²) in [5, 5.41) is 2.35. The van der Waals surface area contributed by atoms with Gasteiger partial charge in [-0.15, -0.1) is 11.3 Å². The number of nitrogens with zero attached hydrogens (tertiary/aromatic N) is 4. The summed E-state index contributed by atoms with van der Waals surface area (Å²) >= 11 is 1.33. The number of rotatable bonds is 10. The monoisotopic (exact) mass is 456 g/mol. The average Bonchev–Trinajstić information content (AvgIpc) is 3.24. The van der Waals surface area contributed by atoms with E-state index >= 15 is 0 Å². The Morgan fingerprint density at radius 3 is 2.69 bits per heavy atom. The van der Waals surface area contributed by atoms with E-state index in [0.29, 0.717) is 29.6 Å². The molecule has 0 atom stereocenters. The maximum Gasteiger partial charge on any atom is 0.306 e. The molecule has 1 aromatic carbocycles. The number of carbonyl (C=O) groups is 2. The molecule has 0 aliphatic carbocycles. The molecule has 3 aromatic rings. The van der Waals surface area contributed by atoms with E-state index in [4.69, 9.17) is 4.74 Å². The van der Waals surface area contributed by atoms with Crippen molar-refractivity contribution in [2.45, 2.75) is 59.6 Å². The fourth-order valence-electron chi connectivity index (χ4n) is 3.37. The minimum atomic E-state index is -0.423. The summed E-state index contributed by atoms with van der Waals surface area (Å²) in [4.78, 5) is 47.3. The van der Waals surface area contributed by atoms with Gasteiger partial charge in [-0.2, -0.15) is 0 Å². The number of amides is 1. The second kappa shape index (κ2) is 11.0. The highest BCUT2D eigenvalue weighted by atomic mass is 32.1. The Morgan fingerprint density at radius 1 is 1.19 bits per heavy atom. The van der Waals surface area contributed by atoms with E-state index in [0.717, 1.165) is 23.9 Å². The topological polar surface area (TPSA) is 94.4 Å². The summed E-state index contributed by atoms with van der Waals surface area (Å²) in [6, 6.07) is 7.55. The fraction of sp³-hybridized carbons (Fsp3) is 0.435. The lowest BCUT2D eigenvalue weighted by molar-refractivity contribution is -0.145. The van der Waals surface area contributed by atoms with Crippen LogP contribution in [0.1, 0.15) is 51.4 Å². The highest BCUT2D eigenvalue weighted by molar-refractivity contribution is 7.14. The number of hydrogen-bond acceptors (Lipinski definition) is 7. The number of carbonyl (C=O) groups excluding carboxylic acids is 2. The summed E-state index contributed by atoms with van der Waals surface area (Å²) in [5.74, 6) is -0.509. The number of anilines is 1. The van der Waals surface area contributed by atoms with Crippen LogP contribution in [0.5, 0.6) is 0 Å². The molecule has 0 fully saturated rings. The van der Waals surface area contributed by atoms with Crippen molar-refractivity contribution in [3.8, 4) is 0 Å². The number of aryl methyl sites for hydroxylation is 2. The molecular weight excluding hydrogens is 428 g/mol. The van der Waals surface area contributed by atoms with Gasteiger partial charge in [0, 0.05) is 31.8 Å². The summed E-state index contributed by atoms with van der Waals surface area (Å²) < 4.78 is 7.07. The first kappa shape index (κ1) is 23.6. The van der Waals surface area contributed by atoms with Crippen molar-refractivity contribution < 1.29 is 14.3 Å². The lowest BCUT2D eigenvalue weighted by atomic mass is 10.2. The quantitative estimate of drug-likeness (QED) is 0.432. The van der Waals surface area contributed by atoms with Crippen LogP contribution in [0.3, 0.4) is 0 Å². The predicted octanol–water partition coefficient (Wildman–Crippen LogP) is 3.70. The smallest absolute Gasteiger partial charge is 0.306 e. The van der Waals surface area contributed by atoms with Gasteiger partial charge >= 0.3 is 5.97 Å². The lowest BCUT2D eigenvalue weighted by Gasteiger charge is -2.14. The molecule has 3 rings (SSSR count). The van der Waals surface area contributed by atoms with Crippen molar-refractivity contribution in [1.82, 2.24) is 14.5 Å². The second-order valence-corrected chi connectivity index (χ2v) is 8.24. The Balaban J connectivity index is 1.64. The van der Waals surface area contributed by atoms with Crippen LogP contribution in [-0.4, -0.2) is 33.0 Å². The second-order valence-electron chi connectivity index (χ2n) is 7.40. The first-order valence-electron chi connectivity index (χ1n) is 10.8. The van der Waals surface area contributed by atoms with Crippen molar-refractivity contribution in [2.24, 2.45) is 0 Å². The van der Waals surface area contributed by atoms with Crippen molar-refractivity contribution in [1.29, 1.82) is 0 Å². The third-order valence-corrected chi connectivity index (χ3v) is 5.98. The molecule has 170 valence electrons. The molecule has 0 N–H and O–H groups in total. The number of benzene rings is 1. The third-order valence-electron chi connectivity index (χ3n) is 5.07. The minimum absolute atomic E-state index is 0.0245. The number of esters is 1. The summed E-state index contributed by atoms with van der Waals surface area (Å²) in [6.07, 6.45) is 2.14. The maximum absolute atomic E-state index is 12.9. The van der Waals surface area contributed by atoms with Crippen LogP contribution in [0, 0.1) is 0 Å². The predicted molar refractivity (Wildman–Crippen MR) is 125 cm³/mol. The van der Waals surface area contributed by atoms with Crippen molar-refractivity contribution in [2.75, 3.05) is 11.4 Å². The molecule has 0 saturated carbocycles. The molecule has 0 bridgehead atoms. The fourth-order valence-corrected chi connectivity index (χ4v) is 4.29. The highest BCUT2D eigenvalue weighted by Crippen LogP contribution is 2.21. The van der Waals surface area contributed by atoms with Gasteiger partial charge in [-0.3, -0.25) is 19.3 Å². The first-order chi connectivity index (χ1) is 15.4. The third kappa shape index (κ3) is 5.59. The van der Waals surface area contributed by atoms with Gasteiger partial charge in [0.15, 0.2) is 5.13 Å². The molecule has 0 saturated heterocycles. The largest absolute Gasteiger partial charge is 0.459 e. The molecule has 9 heteroatoms. The van der Waals surface area contributed by atoms with E-state index in [1.807, 2.05) is 31.2 Å². The molecular formula is C23H28N4O4S. The molecule has 32 heavy (non-hydrogen) atoms. The van der Waals surface area contributed by atoms with Gasteiger partial charge in [-0.1, -0.05) is 25.5 Å². The van der Waals surface area contributed by atoms with E-state index in [9.17, 15) is 14.4 Å². The maximum atomic E-state index is 12.9. The lowest BCUT2D eigenvalue weighted by Crippen LogP contribution is -2.27. The van der Waals surface area contributed by atoms with Crippen LogP contribution < -0.4 is 10.5 Å². The highest BCUT2D eigenvalue weighted by Gasteiger charge is 2.16. The van der Waals surface area contributed by atoms with E-state index in [1.54, 1.807) is 14.8 Å². The van der Waals surface area contributed by atoms with E-state index < -0.39 is 5.97 Å². The number of thiazole rings is 1. The van der Waals surface area contributed by atoms with Crippen molar-refractivity contribution in [3.05, 3.63) is 51.4 Å². The van der Waals surface area contributed by atoms with E-state index in [-0.39, 0.29) is 30.9 Å². The van der Waals surface area contributed by atoms with Gasteiger partial charge in [0.1, 0.15) is 12.3 Å². The molecule has 2 heterocycles. The van der Waals surface area contributed by atoms with Gasteiger partial charge in [0.2, 0.25) is 5.91 Å². The van der Waals surface area contributed by atoms with E-state index in [2.05, 4.69) is 16.9 Å². The average molecular weight is 457 g/mol. The Kier molecular flexibility index (Phi) is 8.10.